The number of halogens is 1. The first kappa shape index (κ1) is 15.6. The first-order valence-electron chi connectivity index (χ1n) is 6.80. The van der Waals surface area contributed by atoms with Crippen LogP contribution in [0, 0.1) is 18.7 Å². The molecule has 1 amide bonds. The molecular formula is C17H18FNOS. The maximum atomic E-state index is 12.8. The van der Waals surface area contributed by atoms with Crippen LogP contribution in [0.25, 0.3) is 0 Å². The van der Waals surface area contributed by atoms with Gasteiger partial charge >= 0.3 is 0 Å². The number of hydrogen-bond donors (Lipinski definition) is 1. The van der Waals surface area contributed by atoms with Crippen molar-refractivity contribution >= 4 is 23.4 Å². The number of amides is 1. The summed E-state index contributed by atoms with van der Waals surface area (Å²) in [6.07, 6.45) is 0. The molecule has 4 heteroatoms. The number of carbonyl (C=O) groups excluding carboxylic acids is 1. The fraction of sp³-hybridized carbons (Fsp3) is 0.235. The monoisotopic (exact) mass is 303 g/mol. The molecule has 0 aliphatic rings. The van der Waals surface area contributed by atoms with Crippen molar-refractivity contribution in [2.45, 2.75) is 18.7 Å². The maximum Gasteiger partial charge on any atom is 0.228 e. The van der Waals surface area contributed by atoms with Gasteiger partial charge < -0.3 is 5.32 Å². The molecule has 0 aliphatic carbocycles. The van der Waals surface area contributed by atoms with E-state index in [1.54, 1.807) is 23.9 Å². The van der Waals surface area contributed by atoms with Crippen LogP contribution in [0.2, 0.25) is 0 Å². The summed E-state index contributed by atoms with van der Waals surface area (Å²) in [6, 6.07) is 14.0. The summed E-state index contributed by atoms with van der Waals surface area (Å²) in [5.41, 5.74) is 1.97. The zero-order valence-electron chi connectivity index (χ0n) is 12.1. The molecular weight excluding hydrogens is 285 g/mol. The second-order valence-corrected chi connectivity index (χ2v) is 6.11. The smallest absolute Gasteiger partial charge is 0.228 e. The fourth-order valence-electron chi connectivity index (χ4n) is 1.73. The van der Waals surface area contributed by atoms with Gasteiger partial charge in [-0.3, -0.25) is 4.79 Å². The van der Waals surface area contributed by atoms with E-state index in [0.29, 0.717) is 5.75 Å². The summed E-state index contributed by atoms with van der Waals surface area (Å²) >= 11 is 1.55. The molecule has 2 rings (SSSR count). The third-order valence-corrected chi connectivity index (χ3v) is 4.35. The minimum Gasteiger partial charge on any atom is -0.326 e. The van der Waals surface area contributed by atoms with Crippen LogP contribution >= 0.6 is 11.8 Å². The van der Waals surface area contributed by atoms with Gasteiger partial charge in [0.1, 0.15) is 5.82 Å². The third kappa shape index (κ3) is 4.90. The summed E-state index contributed by atoms with van der Waals surface area (Å²) in [7, 11) is 0. The zero-order chi connectivity index (χ0) is 15.2. The van der Waals surface area contributed by atoms with E-state index in [-0.39, 0.29) is 17.6 Å². The van der Waals surface area contributed by atoms with E-state index in [9.17, 15) is 9.18 Å². The molecule has 2 nitrogen and oxygen atoms in total. The number of anilines is 1. The Morgan fingerprint density at radius 2 is 1.76 bits per heavy atom. The molecule has 0 radical (unpaired) electrons. The molecule has 0 saturated carbocycles. The van der Waals surface area contributed by atoms with Gasteiger partial charge in [-0.15, -0.1) is 11.8 Å². The van der Waals surface area contributed by atoms with Gasteiger partial charge in [-0.2, -0.15) is 0 Å². The predicted molar refractivity (Wildman–Crippen MR) is 86.1 cm³/mol. The zero-order valence-corrected chi connectivity index (χ0v) is 12.9. The Kier molecular flexibility index (Phi) is 5.39. The lowest BCUT2D eigenvalue weighted by molar-refractivity contribution is -0.118. The Balaban J connectivity index is 1.84. The Bertz CT molecular complexity index is 595. The van der Waals surface area contributed by atoms with Crippen molar-refractivity contribution in [3.05, 3.63) is 59.9 Å². The average Bonchev–Trinajstić information content (AvgIpc) is 2.48. The van der Waals surface area contributed by atoms with E-state index in [0.717, 1.165) is 16.1 Å². The Morgan fingerprint density at radius 1 is 1.14 bits per heavy atom. The second kappa shape index (κ2) is 7.27. The van der Waals surface area contributed by atoms with Crippen molar-refractivity contribution in [2.24, 2.45) is 5.92 Å². The van der Waals surface area contributed by atoms with Crippen LogP contribution in [-0.4, -0.2) is 11.7 Å². The van der Waals surface area contributed by atoms with Gasteiger partial charge in [0.15, 0.2) is 0 Å². The van der Waals surface area contributed by atoms with Crippen molar-refractivity contribution in [1.29, 1.82) is 0 Å². The van der Waals surface area contributed by atoms with Gasteiger partial charge in [0.25, 0.3) is 0 Å². The van der Waals surface area contributed by atoms with Crippen LogP contribution in [0.4, 0.5) is 10.1 Å². The Morgan fingerprint density at radius 3 is 2.38 bits per heavy atom. The molecule has 0 bridgehead atoms. The Hall–Kier alpha value is -1.81. The number of benzene rings is 2. The quantitative estimate of drug-likeness (QED) is 0.824. The molecule has 0 aliphatic heterocycles. The second-order valence-electron chi connectivity index (χ2n) is 5.02. The molecule has 21 heavy (non-hydrogen) atoms. The fourth-order valence-corrected chi connectivity index (χ4v) is 2.65. The number of rotatable bonds is 5. The van der Waals surface area contributed by atoms with E-state index in [1.807, 2.05) is 38.1 Å². The van der Waals surface area contributed by atoms with E-state index >= 15 is 0 Å². The van der Waals surface area contributed by atoms with Crippen LogP contribution in [-0.2, 0) is 4.79 Å². The maximum absolute atomic E-state index is 12.8. The van der Waals surface area contributed by atoms with Crippen molar-refractivity contribution in [2.75, 3.05) is 11.1 Å². The number of hydrogen-bond acceptors (Lipinski definition) is 2. The molecule has 2 aromatic rings. The van der Waals surface area contributed by atoms with Crippen LogP contribution in [0.5, 0.6) is 0 Å². The van der Waals surface area contributed by atoms with Gasteiger partial charge in [-0.05, 0) is 43.3 Å². The molecule has 1 N–H and O–H groups in total. The highest BCUT2D eigenvalue weighted by molar-refractivity contribution is 7.99. The predicted octanol–water partition coefficient (Wildman–Crippen LogP) is 4.50. The van der Waals surface area contributed by atoms with Crippen molar-refractivity contribution in [3.8, 4) is 0 Å². The van der Waals surface area contributed by atoms with Gasteiger partial charge in [0, 0.05) is 22.3 Å². The number of nitrogens with one attached hydrogen (secondary N) is 1. The first-order chi connectivity index (χ1) is 10.0. The molecule has 0 aromatic heterocycles. The van der Waals surface area contributed by atoms with Crippen LogP contribution in [0.1, 0.15) is 12.5 Å². The minimum absolute atomic E-state index is 0.00605. The van der Waals surface area contributed by atoms with E-state index in [4.69, 9.17) is 0 Å². The van der Waals surface area contributed by atoms with Crippen LogP contribution < -0.4 is 5.32 Å². The lowest BCUT2D eigenvalue weighted by Crippen LogP contribution is -2.22. The van der Waals surface area contributed by atoms with Gasteiger partial charge in [0.05, 0.1) is 0 Å². The van der Waals surface area contributed by atoms with Crippen molar-refractivity contribution < 1.29 is 9.18 Å². The van der Waals surface area contributed by atoms with Crippen LogP contribution in [0.15, 0.2) is 53.4 Å². The summed E-state index contributed by atoms with van der Waals surface area (Å²) in [4.78, 5) is 13.1. The van der Waals surface area contributed by atoms with E-state index in [1.165, 1.54) is 12.1 Å². The highest BCUT2D eigenvalue weighted by Gasteiger charge is 2.13. The molecule has 0 fully saturated rings. The third-order valence-electron chi connectivity index (χ3n) is 3.08. The van der Waals surface area contributed by atoms with Crippen LogP contribution in [0.3, 0.4) is 0 Å². The summed E-state index contributed by atoms with van der Waals surface area (Å²) in [6.45, 7) is 3.90. The van der Waals surface area contributed by atoms with E-state index in [2.05, 4.69) is 5.32 Å². The molecule has 0 spiro atoms. The number of carbonyl (C=O) groups is 1. The number of aryl methyl sites for hydroxylation is 1. The lowest BCUT2D eigenvalue weighted by Gasteiger charge is -2.12. The molecule has 0 saturated heterocycles. The van der Waals surface area contributed by atoms with Crippen molar-refractivity contribution in [1.82, 2.24) is 0 Å². The molecule has 0 heterocycles. The molecule has 1 atom stereocenters. The highest BCUT2D eigenvalue weighted by Crippen LogP contribution is 2.21. The summed E-state index contributed by atoms with van der Waals surface area (Å²) in [5.74, 6) is 0.280. The highest BCUT2D eigenvalue weighted by atomic mass is 32.2. The molecule has 1 unspecified atom stereocenters. The number of thioether (sulfide) groups is 1. The summed E-state index contributed by atoms with van der Waals surface area (Å²) < 4.78 is 12.8. The first-order valence-corrected chi connectivity index (χ1v) is 7.79. The Labute approximate surface area is 128 Å². The SMILES string of the molecule is Cc1ccc(NC(=O)C(C)CSc2ccc(F)cc2)cc1. The lowest BCUT2D eigenvalue weighted by atomic mass is 10.2. The normalized spacial score (nSPS) is 12.0. The van der Waals surface area contributed by atoms with Gasteiger partial charge in [0.2, 0.25) is 5.91 Å². The summed E-state index contributed by atoms with van der Waals surface area (Å²) in [5, 5.41) is 2.90. The van der Waals surface area contributed by atoms with Crippen molar-refractivity contribution in [3.63, 3.8) is 0 Å². The average molecular weight is 303 g/mol. The largest absolute Gasteiger partial charge is 0.326 e. The molecule has 110 valence electrons. The topological polar surface area (TPSA) is 29.1 Å². The van der Waals surface area contributed by atoms with Gasteiger partial charge in [-0.1, -0.05) is 24.6 Å². The minimum atomic E-state index is -0.246. The van der Waals surface area contributed by atoms with Gasteiger partial charge in [-0.25, -0.2) is 4.39 Å². The molecule has 2 aromatic carbocycles. The standard InChI is InChI=1S/C17H18FNOS/c1-12-3-7-15(8-4-12)19-17(20)13(2)11-21-16-9-5-14(18)6-10-16/h3-10,13H,11H2,1-2H3,(H,19,20). The van der Waals surface area contributed by atoms with E-state index < -0.39 is 0 Å².